The summed E-state index contributed by atoms with van der Waals surface area (Å²) in [6.45, 7) is 7.01. The summed E-state index contributed by atoms with van der Waals surface area (Å²) in [5, 5.41) is 0. The number of rotatable bonds is 10. The molecule has 3 aromatic rings. The van der Waals surface area contributed by atoms with Crippen molar-refractivity contribution in [1.29, 1.82) is 0 Å². The molecule has 0 atom stereocenters. The first-order valence-corrected chi connectivity index (χ1v) is 14.3. The highest BCUT2D eigenvalue weighted by molar-refractivity contribution is 7.49. The minimum atomic E-state index is -4.27. The highest BCUT2D eigenvalue weighted by Gasteiger charge is 2.37. The van der Waals surface area contributed by atoms with Crippen LogP contribution in [-0.4, -0.2) is 30.6 Å². The number of carbonyl (C=O) groups is 1. The Morgan fingerprint density at radius 3 is 1.97 bits per heavy atom. The molecule has 38 heavy (non-hydrogen) atoms. The molecule has 0 saturated heterocycles. The van der Waals surface area contributed by atoms with Crippen LogP contribution >= 0.6 is 7.82 Å². The molecule has 1 amide bonds. The van der Waals surface area contributed by atoms with Crippen molar-refractivity contribution in [2.45, 2.75) is 40.0 Å². The number of phosphoric acid groups is 1. The second-order valence-electron chi connectivity index (χ2n) is 8.96. The first-order valence-electron chi connectivity index (χ1n) is 12.9. The molecule has 3 aromatic carbocycles. The van der Waals surface area contributed by atoms with Gasteiger partial charge in [0.15, 0.2) is 0 Å². The van der Waals surface area contributed by atoms with Crippen molar-refractivity contribution in [3.63, 3.8) is 0 Å². The van der Waals surface area contributed by atoms with Crippen LogP contribution in [0.2, 0.25) is 0 Å². The van der Waals surface area contributed by atoms with Gasteiger partial charge in [0.1, 0.15) is 11.5 Å². The second-order valence-corrected chi connectivity index (χ2v) is 10.4. The number of aryl methyl sites for hydroxylation is 3. The van der Waals surface area contributed by atoms with E-state index in [0.29, 0.717) is 18.1 Å². The second kappa shape index (κ2) is 12.8. The quantitative estimate of drug-likeness (QED) is 0.271. The summed E-state index contributed by atoms with van der Waals surface area (Å²) < 4.78 is 37.1. The zero-order valence-electron chi connectivity index (χ0n) is 22.1. The molecule has 200 valence electrons. The molecule has 4 rings (SSSR count). The summed E-state index contributed by atoms with van der Waals surface area (Å²) in [5.41, 5.74) is 4.51. The summed E-state index contributed by atoms with van der Waals surface area (Å²) in [5.74, 6) is 0.539. The Morgan fingerprint density at radius 2 is 1.45 bits per heavy atom. The van der Waals surface area contributed by atoms with Gasteiger partial charge < -0.3 is 18.3 Å². The number of nitrogens with zero attached hydrogens (tertiary/aromatic N) is 1. The molecular formula is C30H34NO6P. The van der Waals surface area contributed by atoms with Gasteiger partial charge in [-0.2, -0.15) is 4.57 Å². The zero-order valence-corrected chi connectivity index (χ0v) is 23.0. The first kappa shape index (κ1) is 27.5. The van der Waals surface area contributed by atoms with E-state index in [4.69, 9.17) is 18.3 Å². The maximum Gasteiger partial charge on any atom is 0.648 e. The van der Waals surface area contributed by atoms with Crippen molar-refractivity contribution >= 4 is 13.7 Å². The smallest absolute Gasteiger partial charge is 0.386 e. The third-order valence-corrected chi connectivity index (χ3v) is 7.48. The molecule has 0 fully saturated rings. The lowest BCUT2D eigenvalue weighted by Gasteiger charge is -2.27. The highest BCUT2D eigenvalue weighted by Crippen LogP contribution is 2.51. The van der Waals surface area contributed by atoms with Crippen LogP contribution in [0.5, 0.6) is 11.5 Å². The lowest BCUT2D eigenvalue weighted by molar-refractivity contribution is -0.130. The van der Waals surface area contributed by atoms with E-state index in [2.05, 4.69) is 32.9 Å². The van der Waals surface area contributed by atoms with Crippen molar-refractivity contribution in [3.8, 4) is 11.5 Å². The number of ether oxygens (including phenoxy) is 1. The predicted octanol–water partition coefficient (Wildman–Crippen LogP) is 6.65. The minimum absolute atomic E-state index is 0.0888. The Balaban J connectivity index is 1.63. The van der Waals surface area contributed by atoms with E-state index in [1.54, 1.807) is 54.6 Å². The Bertz CT molecular complexity index is 1240. The van der Waals surface area contributed by atoms with E-state index >= 15 is 0 Å². The van der Waals surface area contributed by atoms with Gasteiger partial charge >= 0.3 is 7.82 Å². The van der Waals surface area contributed by atoms with Crippen LogP contribution in [0.15, 0.2) is 84.8 Å². The normalized spacial score (nSPS) is 13.9. The summed E-state index contributed by atoms with van der Waals surface area (Å²) >= 11 is 0. The number of para-hydroxylation sites is 2. The lowest BCUT2D eigenvalue weighted by Crippen LogP contribution is -2.35. The number of amides is 1. The molecule has 0 saturated carbocycles. The molecule has 0 aliphatic carbocycles. The average Bonchev–Trinajstić information content (AvgIpc) is 3.15. The van der Waals surface area contributed by atoms with Crippen LogP contribution in [0.25, 0.3) is 0 Å². The van der Waals surface area contributed by atoms with Gasteiger partial charge in [-0.25, -0.2) is 0 Å². The summed E-state index contributed by atoms with van der Waals surface area (Å²) in [7, 11) is -4.27. The predicted molar refractivity (Wildman–Crippen MR) is 147 cm³/mol. The van der Waals surface area contributed by atoms with Gasteiger partial charge in [0.05, 0.1) is 26.2 Å². The van der Waals surface area contributed by atoms with Crippen molar-refractivity contribution in [2.75, 3.05) is 19.8 Å². The molecule has 1 aliphatic heterocycles. The molecule has 0 unspecified atom stereocenters. The Hall–Kier alpha value is -3.54. The largest absolute Gasteiger partial charge is 0.648 e. The number of hydrogen-bond donors (Lipinski definition) is 0. The van der Waals surface area contributed by atoms with Gasteiger partial charge in [0.2, 0.25) is 11.8 Å². The third kappa shape index (κ3) is 7.06. The van der Waals surface area contributed by atoms with Crippen LogP contribution in [-0.2, 0) is 37.9 Å². The molecule has 0 aromatic heterocycles. The fourth-order valence-corrected chi connectivity index (χ4v) is 5.67. The number of benzene rings is 3. The van der Waals surface area contributed by atoms with E-state index in [0.717, 1.165) is 29.5 Å². The summed E-state index contributed by atoms with van der Waals surface area (Å²) in [6, 6.07) is 21.6. The number of carbonyl (C=O) groups excluding carboxylic acids is 1. The van der Waals surface area contributed by atoms with Crippen LogP contribution < -0.4 is 9.05 Å². The minimum Gasteiger partial charge on any atom is -0.386 e. The summed E-state index contributed by atoms with van der Waals surface area (Å²) in [6.07, 6.45) is 3.43. The van der Waals surface area contributed by atoms with Crippen LogP contribution in [0.1, 0.15) is 36.1 Å². The Morgan fingerprint density at radius 1 is 0.895 bits per heavy atom. The SMILES string of the molecule is CCc1cc(C)cc(CC)c1CC(=O)N1CCOCC=C1OP(=O)(Oc1ccccc1)Oc1ccccc1. The van der Waals surface area contributed by atoms with Crippen molar-refractivity contribution in [1.82, 2.24) is 4.90 Å². The molecular weight excluding hydrogens is 501 g/mol. The molecule has 0 N–H and O–H groups in total. The van der Waals surface area contributed by atoms with Gasteiger partial charge in [-0.15, -0.1) is 0 Å². The lowest BCUT2D eigenvalue weighted by atomic mass is 9.92. The fraction of sp³-hybridized carbons (Fsp3) is 0.300. The topological polar surface area (TPSA) is 74.3 Å². The van der Waals surface area contributed by atoms with Crippen LogP contribution in [0, 0.1) is 6.92 Å². The van der Waals surface area contributed by atoms with E-state index in [9.17, 15) is 9.36 Å². The molecule has 0 spiro atoms. The van der Waals surface area contributed by atoms with Crippen molar-refractivity contribution < 1.29 is 27.7 Å². The maximum absolute atomic E-state index is 14.0. The van der Waals surface area contributed by atoms with E-state index < -0.39 is 7.82 Å². The Labute approximate surface area is 224 Å². The number of hydrogen-bond acceptors (Lipinski definition) is 6. The average molecular weight is 536 g/mol. The first-order chi connectivity index (χ1) is 18.4. The van der Waals surface area contributed by atoms with E-state index in [1.807, 2.05) is 12.1 Å². The molecule has 0 bridgehead atoms. The van der Waals surface area contributed by atoms with E-state index in [1.165, 1.54) is 10.5 Å². The van der Waals surface area contributed by atoms with Gasteiger partial charge in [0.25, 0.3) is 0 Å². The molecule has 0 radical (unpaired) electrons. The van der Waals surface area contributed by atoms with Gasteiger partial charge in [-0.1, -0.05) is 67.9 Å². The van der Waals surface area contributed by atoms with Gasteiger partial charge in [-0.05, 0) is 60.7 Å². The standard InChI is InChI=1S/C30H34NO6P/c1-4-24-20-23(3)21-25(5-2)28(24)22-29(32)31-17-19-34-18-16-30(31)37-38(33,35-26-12-8-6-9-13-26)36-27-14-10-7-11-15-27/h6-16,20-21H,4-5,17-19,22H2,1-3H3. The van der Waals surface area contributed by atoms with Crippen molar-refractivity contribution in [3.05, 3.63) is 107 Å². The zero-order chi connectivity index (χ0) is 27.0. The fourth-order valence-electron chi connectivity index (χ4n) is 4.39. The van der Waals surface area contributed by atoms with Crippen LogP contribution in [0.4, 0.5) is 0 Å². The maximum atomic E-state index is 14.0. The van der Waals surface area contributed by atoms with Crippen LogP contribution in [0.3, 0.4) is 0 Å². The third-order valence-electron chi connectivity index (χ3n) is 6.20. The molecule has 1 aliphatic rings. The molecule has 1 heterocycles. The molecule has 7 nitrogen and oxygen atoms in total. The van der Waals surface area contributed by atoms with Crippen molar-refractivity contribution in [2.24, 2.45) is 0 Å². The molecule has 8 heteroatoms. The summed E-state index contributed by atoms with van der Waals surface area (Å²) in [4.78, 5) is 15.2. The van der Waals surface area contributed by atoms with Gasteiger partial charge in [-0.3, -0.25) is 9.69 Å². The highest BCUT2D eigenvalue weighted by atomic mass is 31.2. The number of phosphoric ester groups is 1. The Kier molecular flexibility index (Phi) is 9.27. The van der Waals surface area contributed by atoms with Gasteiger partial charge in [0, 0.05) is 6.08 Å². The monoisotopic (exact) mass is 535 g/mol. The van der Waals surface area contributed by atoms with E-state index in [-0.39, 0.29) is 31.4 Å².